The Kier molecular flexibility index (Phi) is 7.88. The average molecular weight is 973 g/mol. The van der Waals surface area contributed by atoms with Crippen molar-refractivity contribution in [1.29, 1.82) is 0 Å². The third-order valence-corrected chi connectivity index (χ3v) is 18.5. The van der Waals surface area contributed by atoms with Crippen molar-refractivity contribution in [3.63, 3.8) is 0 Å². The van der Waals surface area contributed by atoms with E-state index in [1.54, 1.807) is 18.7 Å². The maximum Gasteiger partial charge on any atom is 0.179 e. The number of rotatable bonds is 2. The Morgan fingerprint density at radius 2 is 0.786 bits per heavy atom. The summed E-state index contributed by atoms with van der Waals surface area (Å²) in [6.07, 6.45) is 11.0. The minimum absolute atomic E-state index is 0.369. The zero-order valence-corrected chi connectivity index (χ0v) is 39.8. The van der Waals surface area contributed by atoms with E-state index in [0.29, 0.717) is 5.65 Å². The van der Waals surface area contributed by atoms with Gasteiger partial charge in [0.2, 0.25) is 0 Å². The van der Waals surface area contributed by atoms with Crippen LogP contribution in [-0.2, 0) is 10.8 Å². The van der Waals surface area contributed by atoms with Crippen LogP contribution in [0, 0.1) is 0 Å². The maximum atomic E-state index is 4.92. The molecule has 3 aromatic carbocycles. The minimum atomic E-state index is -0.441. The van der Waals surface area contributed by atoms with Crippen LogP contribution in [0.4, 0.5) is 23.0 Å². The first-order valence-corrected chi connectivity index (χ1v) is 26.3. The van der Waals surface area contributed by atoms with Gasteiger partial charge in [-0.15, -0.1) is 45.3 Å². The Balaban J connectivity index is 0.000000122. The highest BCUT2D eigenvalue weighted by Crippen LogP contribution is 2.66. The average Bonchev–Trinajstić information content (AvgIpc) is 4.28. The van der Waals surface area contributed by atoms with E-state index in [2.05, 4.69) is 159 Å². The van der Waals surface area contributed by atoms with Crippen LogP contribution in [0.2, 0.25) is 0 Å². The molecule has 4 aliphatic rings. The van der Waals surface area contributed by atoms with Crippen LogP contribution in [0.3, 0.4) is 0 Å². The molecule has 0 atom stereocenters. The first-order chi connectivity index (χ1) is 34.7. The van der Waals surface area contributed by atoms with Gasteiger partial charge in [-0.25, -0.2) is 49.3 Å². The largest absolute Gasteiger partial charge is 0.247 e. The van der Waals surface area contributed by atoms with Gasteiger partial charge >= 0.3 is 0 Å². The number of thiophene rings is 4. The van der Waals surface area contributed by atoms with Gasteiger partial charge < -0.3 is 0 Å². The number of benzene rings is 3. The minimum Gasteiger partial charge on any atom is -0.247 e. The Hall–Kier alpha value is -8.14. The lowest BCUT2D eigenvalue weighted by atomic mass is 9.65. The molecule has 10 aromatic heterocycles. The first kappa shape index (κ1) is 38.8. The zero-order chi connectivity index (χ0) is 45.7. The van der Waals surface area contributed by atoms with E-state index < -0.39 is 5.41 Å². The second-order valence-electron chi connectivity index (χ2n) is 17.6. The molecule has 0 amide bonds. The van der Waals surface area contributed by atoms with Crippen molar-refractivity contribution < 1.29 is 0 Å². The van der Waals surface area contributed by atoms with E-state index in [1.165, 1.54) is 63.7 Å². The molecule has 13 aromatic rings. The molecule has 17 rings (SSSR count). The van der Waals surface area contributed by atoms with Crippen LogP contribution in [-0.4, -0.2) is 39.3 Å². The van der Waals surface area contributed by atoms with Crippen molar-refractivity contribution in [3.05, 3.63) is 237 Å². The fourth-order valence-corrected chi connectivity index (χ4v) is 16.1. The van der Waals surface area contributed by atoms with Crippen LogP contribution in [0.5, 0.6) is 0 Å². The lowest BCUT2D eigenvalue weighted by molar-refractivity contribution is 0.689. The van der Waals surface area contributed by atoms with E-state index in [-0.39, 0.29) is 5.41 Å². The van der Waals surface area contributed by atoms with E-state index in [0.717, 1.165) is 50.8 Å². The Bertz CT molecular complexity index is 4150. The molecule has 10 nitrogen and oxygen atoms in total. The molecule has 0 bridgehead atoms. The van der Waals surface area contributed by atoms with Crippen LogP contribution in [0.25, 0.3) is 52.6 Å². The molecule has 0 N–H and O–H groups in total. The van der Waals surface area contributed by atoms with E-state index in [9.17, 15) is 0 Å². The SMILES string of the molecule is c1ccc2c(c1)N(n1cnc3ncccc31)c1cc3ccccc3cc1C21c2ccsc2-c2sccc21.c1cnc2c(c1)C1(c3cccnc3N2n2cnc3ncccc32)c2ccsc2-c2sccc21. The van der Waals surface area contributed by atoms with Gasteiger partial charge in [0.05, 0.1) is 22.2 Å². The molecule has 2 aliphatic heterocycles. The Morgan fingerprint density at radius 3 is 1.34 bits per heavy atom. The predicted molar refractivity (Wildman–Crippen MR) is 282 cm³/mol. The summed E-state index contributed by atoms with van der Waals surface area (Å²) < 4.78 is 4.16. The molecule has 330 valence electrons. The van der Waals surface area contributed by atoms with Crippen LogP contribution in [0.15, 0.2) is 192 Å². The monoisotopic (exact) mass is 972 g/mol. The van der Waals surface area contributed by atoms with Gasteiger partial charge in [-0.2, -0.15) is 0 Å². The van der Waals surface area contributed by atoms with Crippen molar-refractivity contribution in [1.82, 2.24) is 39.3 Å². The summed E-state index contributed by atoms with van der Waals surface area (Å²) in [5.41, 5.74) is 15.1. The van der Waals surface area contributed by atoms with Gasteiger partial charge in [-0.3, -0.25) is 0 Å². The molecule has 0 radical (unpaired) electrons. The van der Waals surface area contributed by atoms with Crippen molar-refractivity contribution in [2.75, 3.05) is 10.0 Å². The number of hydrogen-bond donors (Lipinski definition) is 0. The lowest BCUT2D eigenvalue weighted by Crippen LogP contribution is -2.40. The molecule has 14 heteroatoms. The number of hydrogen-bond acceptors (Lipinski definition) is 12. The molecule has 0 saturated carbocycles. The summed E-state index contributed by atoms with van der Waals surface area (Å²) in [4.78, 5) is 33.5. The summed E-state index contributed by atoms with van der Waals surface area (Å²) >= 11 is 7.33. The number of nitrogens with zero attached hydrogens (tertiary/aromatic N) is 10. The van der Waals surface area contributed by atoms with Crippen LogP contribution < -0.4 is 10.0 Å². The van der Waals surface area contributed by atoms with Gasteiger partial charge in [-0.05, 0) is 145 Å². The fourth-order valence-electron chi connectivity index (χ4n) is 11.9. The molecule has 0 saturated heterocycles. The van der Waals surface area contributed by atoms with Gasteiger partial charge in [0.25, 0.3) is 0 Å². The molecular weight excluding hydrogens is 941 g/mol. The molecule has 2 spiro atoms. The Morgan fingerprint density at radius 1 is 0.343 bits per heavy atom. The lowest BCUT2D eigenvalue weighted by Gasteiger charge is -2.44. The summed E-state index contributed by atoms with van der Waals surface area (Å²) in [6.45, 7) is 0. The van der Waals surface area contributed by atoms with Gasteiger partial charge in [-0.1, -0.05) is 54.6 Å². The van der Waals surface area contributed by atoms with Gasteiger partial charge in [0.15, 0.2) is 22.9 Å². The number of para-hydroxylation sites is 1. The van der Waals surface area contributed by atoms with Crippen LogP contribution in [0.1, 0.15) is 44.5 Å². The smallest absolute Gasteiger partial charge is 0.179 e. The standard InChI is InChI=1S/C31H18N4S2.C25H14N6S2/c1-2-7-20-17-27-24(16-19(20)6-1)31(22-11-14-36-28(22)29-23(31)12-15-37-29)21-8-3-4-9-25(21)35(27)34-18-33-30-26(34)10-5-13-32-30;1-4-17-23(27-10-1)31(30-14-29-22-19(30)6-3-9-26-22)24-18(5-2-11-28-24)25(17)15-7-12-32-20(15)21-16(25)8-13-33-21/h1-18H;1-14H. The zero-order valence-electron chi connectivity index (χ0n) is 36.6. The van der Waals surface area contributed by atoms with E-state index >= 15 is 0 Å². The summed E-state index contributed by atoms with van der Waals surface area (Å²) in [5, 5.41) is 15.8. The highest BCUT2D eigenvalue weighted by Gasteiger charge is 2.55. The molecule has 2 aliphatic carbocycles. The number of imidazole rings is 2. The Labute approximate surface area is 415 Å². The first-order valence-electron chi connectivity index (χ1n) is 22.8. The second kappa shape index (κ2) is 14.2. The predicted octanol–water partition coefficient (Wildman–Crippen LogP) is 13.6. The molecule has 0 unspecified atom stereocenters. The maximum absolute atomic E-state index is 4.92. The molecular formula is C56H32N10S4. The summed E-state index contributed by atoms with van der Waals surface area (Å²) in [7, 11) is 0. The van der Waals surface area contributed by atoms with Crippen molar-refractivity contribution in [2.45, 2.75) is 10.8 Å². The van der Waals surface area contributed by atoms with Crippen molar-refractivity contribution in [3.8, 4) is 19.5 Å². The topological polar surface area (TPSA) is 93.7 Å². The fraction of sp³-hybridized carbons (Fsp3) is 0.0357. The number of pyridine rings is 4. The van der Waals surface area contributed by atoms with Gasteiger partial charge in [0.1, 0.15) is 23.7 Å². The highest BCUT2D eigenvalue weighted by atomic mass is 32.1. The number of fused-ring (bicyclic) bond motifs is 21. The number of aromatic nitrogens is 8. The third-order valence-electron chi connectivity index (χ3n) is 14.5. The third kappa shape index (κ3) is 4.80. The molecule has 12 heterocycles. The van der Waals surface area contributed by atoms with Crippen LogP contribution >= 0.6 is 45.3 Å². The summed E-state index contributed by atoms with van der Waals surface area (Å²) in [6, 6.07) is 48.0. The highest BCUT2D eigenvalue weighted by molar-refractivity contribution is 7.21. The van der Waals surface area contributed by atoms with Crippen molar-refractivity contribution in [2.24, 2.45) is 0 Å². The summed E-state index contributed by atoms with van der Waals surface area (Å²) in [5.74, 6) is 1.70. The quantitative estimate of drug-likeness (QED) is 0.169. The van der Waals surface area contributed by atoms with E-state index in [1.807, 2.05) is 99.1 Å². The second-order valence-corrected chi connectivity index (χ2v) is 21.3. The number of anilines is 4. The van der Waals surface area contributed by atoms with Gasteiger partial charge in [0, 0.05) is 55.4 Å². The molecule has 70 heavy (non-hydrogen) atoms. The normalized spacial score (nSPS) is 14.7. The molecule has 0 fully saturated rings. The van der Waals surface area contributed by atoms with E-state index in [4.69, 9.17) is 9.97 Å². The van der Waals surface area contributed by atoms with Crippen molar-refractivity contribution >= 4 is 101 Å².